The second-order valence-electron chi connectivity index (χ2n) is 6.08. The maximum atomic E-state index is 13.2. The Morgan fingerprint density at radius 3 is 2.31 bits per heavy atom. The number of hydrogen-bond donors (Lipinski definition) is 1. The van der Waals surface area contributed by atoms with Crippen LogP contribution in [0.4, 0.5) is 18.9 Å². The number of hydrazone groups is 1. The lowest BCUT2D eigenvalue weighted by Gasteiger charge is -2.24. The van der Waals surface area contributed by atoms with Gasteiger partial charge in [0.05, 0.1) is 21.2 Å². The first-order valence-corrected chi connectivity index (χ1v) is 9.99. The average molecular weight is 448 g/mol. The molecule has 2 rings (SSSR count). The second-order valence-corrected chi connectivity index (χ2v) is 8.35. The van der Waals surface area contributed by atoms with Crippen molar-refractivity contribution in [1.29, 1.82) is 0 Å². The third-order valence-electron chi connectivity index (χ3n) is 3.57. The van der Waals surface area contributed by atoms with Gasteiger partial charge >= 0.3 is 6.18 Å². The van der Waals surface area contributed by atoms with Gasteiger partial charge in [0.25, 0.3) is 15.9 Å². The van der Waals surface area contributed by atoms with Crippen molar-refractivity contribution < 1.29 is 26.4 Å². The zero-order valence-corrected chi connectivity index (χ0v) is 16.9. The van der Waals surface area contributed by atoms with Crippen molar-refractivity contribution in [3.05, 3.63) is 59.1 Å². The summed E-state index contributed by atoms with van der Waals surface area (Å²) in [5.41, 5.74) is 1.08. The molecule has 1 N–H and O–H groups in total. The number of carbonyl (C=O) groups is 1. The molecular weight excluding hydrogens is 431 g/mol. The van der Waals surface area contributed by atoms with E-state index in [0.29, 0.717) is 16.1 Å². The van der Waals surface area contributed by atoms with E-state index >= 15 is 0 Å². The summed E-state index contributed by atoms with van der Waals surface area (Å²) in [6.45, 7) is 2.42. The molecule has 156 valence electrons. The third-order valence-corrected chi connectivity index (χ3v) is 5.68. The number of halogens is 4. The minimum Gasteiger partial charge on any atom is -0.271 e. The van der Waals surface area contributed by atoms with Gasteiger partial charge in [0.2, 0.25) is 0 Å². The van der Waals surface area contributed by atoms with Crippen LogP contribution in [-0.4, -0.2) is 26.6 Å². The fourth-order valence-corrected chi connectivity index (χ4v) is 3.92. The lowest BCUT2D eigenvalue weighted by molar-refractivity contribution is -0.137. The van der Waals surface area contributed by atoms with Gasteiger partial charge in [-0.15, -0.1) is 0 Å². The molecule has 0 atom stereocenters. The number of alkyl halides is 3. The molecule has 0 bridgehead atoms. The molecule has 0 unspecified atom stereocenters. The van der Waals surface area contributed by atoms with E-state index in [1.54, 1.807) is 19.9 Å². The summed E-state index contributed by atoms with van der Waals surface area (Å²) in [5.74, 6) is -0.825. The fraction of sp³-hybridized carbons (Fsp3) is 0.222. The number of nitrogens with zero attached hydrogens (tertiary/aromatic N) is 2. The first-order valence-electron chi connectivity index (χ1n) is 8.17. The standard InChI is InChI=1S/C18H17ClF3N3O3S/c1-12(2)23-24-17(26)11-25(29(27,28)14-6-4-3-5-7-14)13-8-9-16(19)15(10-13)18(20,21)22/h3-10H,11H2,1-2H3,(H,24,26). The number of amides is 1. The lowest BCUT2D eigenvalue weighted by Crippen LogP contribution is -2.39. The van der Waals surface area contributed by atoms with E-state index in [1.807, 2.05) is 0 Å². The van der Waals surface area contributed by atoms with E-state index in [2.05, 4.69) is 10.5 Å². The number of benzene rings is 2. The maximum absolute atomic E-state index is 13.2. The van der Waals surface area contributed by atoms with Crippen LogP contribution in [0.3, 0.4) is 0 Å². The molecule has 6 nitrogen and oxygen atoms in total. The first-order chi connectivity index (χ1) is 13.4. The summed E-state index contributed by atoms with van der Waals surface area (Å²) >= 11 is 5.62. The van der Waals surface area contributed by atoms with E-state index in [4.69, 9.17) is 11.6 Å². The zero-order chi connectivity index (χ0) is 21.8. The predicted molar refractivity (Wildman–Crippen MR) is 104 cm³/mol. The normalized spacial score (nSPS) is 11.7. The molecule has 0 fully saturated rings. The summed E-state index contributed by atoms with van der Waals surface area (Å²) in [6.07, 6.45) is -4.80. The SMILES string of the molecule is CC(C)=NNC(=O)CN(c1ccc(Cl)c(C(F)(F)F)c1)S(=O)(=O)c1ccccc1. The van der Waals surface area contributed by atoms with Gasteiger partial charge in [-0.05, 0) is 44.2 Å². The number of nitrogens with one attached hydrogen (secondary N) is 1. The van der Waals surface area contributed by atoms with Gasteiger partial charge in [0, 0.05) is 5.71 Å². The van der Waals surface area contributed by atoms with Gasteiger partial charge in [0.15, 0.2) is 0 Å². The largest absolute Gasteiger partial charge is 0.417 e. The smallest absolute Gasteiger partial charge is 0.271 e. The van der Waals surface area contributed by atoms with Crippen LogP contribution in [0.2, 0.25) is 5.02 Å². The van der Waals surface area contributed by atoms with E-state index < -0.39 is 39.2 Å². The lowest BCUT2D eigenvalue weighted by atomic mass is 10.2. The van der Waals surface area contributed by atoms with Crippen molar-refractivity contribution in [3.8, 4) is 0 Å². The van der Waals surface area contributed by atoms with Crippen LogP contribution in [0, 0.1) is 0 Å². The first kappa shape index (κ1) is 22.7. The summed E-state index contributed by atoms with van der Waals surface area (Å²) in [6, 6.07) is 9.66. The average Bonchev–Trinajstić information content (AvgIpc) is 2.64. The van der Waals surface area contributed by atoms with Gasteiger partial charge in [-0.2, -0.15) is 18.3 Å². The molecule has 0 aliphatic carbocycles. The molecule has 1 amide bonds. The molecule has 2 aromatic carbocycles. The molecule has 11 heteroatoms. The van der Waals surface area contributed by atoms with Gasteiger partial charge < -0.3 is 0 Å². The quantitative estimate of drug-likeness (QED) is 0.535. The summed E-state index contributed by atoms with van der Waals surface area (Å²) < 4.78 is 66.4. The molecular formula is C18H17ClF3N3O3S. The van der Waals surface area contributed by atoms with Gasteiger partial charge in [0.1, 0.15) is 6.54 Å². The van der Waals surface area contributed by atoms with E-state index in [9.17, 15) is 26.4 Å². The fourth-order valence-electron chi connectivity index (χ4n) is 2.26. The molecule has 0 saturated heterocycles. The van der Waals surface area contributed by atoms with Crippen LogP contribution < -0.4 is 9.73 Å². The molecule has 0 heterocycles. The van der Waals surface area contributed by atoms with Gasteiger partial charge in [-0.3, -0.25) is 9.10 Å². The monoisotopic (exact) mass is 447 g/mol. The third kappa shape index (κ3) is 5.70. The van der Waals surface area contributed by atoms with Crippen molar-refractivity contribution in [2.24, 2.45) is 5.10 Å². The van der Waals surface area contributed by atoms with Crippen molar-refractivity contribution in [2.75, 3.05) is 10.8 Å². The molecule has 0 aliphatic rings. The van der Waals surface area contributed by atoms with Crippen LogP contribution in [-0.2, 0) is 21.0 Å². The van der Waals surface area contributed by atoms with Crippen LogP contribution in [0.25, 0.3) is 0 Å². The minimum absolute atomic E-state index is 0.188. The highest BCUT2D eigenvalue weighted by atomic mass is 35.5. The van der Waals surface area contributed by atoms with Crippen molar-refractivity contribution in [1.82, 2.24) is 5.43 Å². The van der Waals surface area contributed by atoms with Crippen molar-refractivity contribution in [3.63, 3.8) is 0 Å². The summed E-state index contributed by atoms with van der Waals surface area (Å²) in [7, 11) is -4.35. The molecule has 2 aromatic rings. The topological polar surface area (TPSA) is 78.8 Å². The highest BCUT2D eigenvalue weighted by molar-refractivity contribution is 7.92. The summed E-state index contributed by atoms with van der Waals surface area (Å²) in [5, 5.41) is 3.10. The highest BCUT2D eigenvalue weighted by Crippen LogP contribution is 2.37. The molecule has 0 saturated carbocycles. The maximum Gasteiger partial charge on any atom is 0.417 e. The molecule has 0 spiro atoms. The Bertz CT molecular complexity index is 1020. The van der Waals surface area contributed by atoms with Gasteiger partial charge in [-0.25, -0.2) is 13.8 Å². The van der Waals surface area contributed by atoms with Crippen molar-refractivity contribution in [2.45, 2.75) is 24.9 Å². The minimum atomic E-state index is -4.80. The number of rotatable bonds is 6. The Hall–Kier alpha value is -2.59. The van der Waals surface area contributed by atoms with Crippen LogP contribution >= 0.6 is 11.6 Å². The summed E-state index contributed by atoms with van der Waals surface area (Å²) in [4.78, 5) is 12.0. The van der Waals surface area contributed by atoms with Crippen LogP contribution in [0.15, 0.2) is 58.5 Å². The van der Waals surface area contributed by atoms with E-state index in [1.165, 1.54) is 24.3 Å². The van der Waals surface area contributed by atoms with Crippen LogP contribution in [0.1, 0.15) is 19.4 Å². The molecule has 0 radical (unpaired) electrons. The van der Waals surface area contributed by atoms with Crippen LogP contribution in [0.5, 0.6) is 0 Å². The van der Waals surface area contributed by atoms with E-state index in [-0.39, 0.29) is 10.6 Å². The Kier molecular flexibility index (Phi) is 6.91. The Morgan fingerprint density at radius 2 is 1.76 bits per heavy atom. The Labute approximate surface area is 171 Å². The predicted octanol–water partition coefficient (Wildman–Crippen LogP) is 4.07. The number of hydrogen-bond acceptors (Lipinski definition) is 4. The van der Waals surface area contributed by atoms with E-state index in [0.717, 1.165) is 12.1 Å². The number of anilines is 1. The second kappa shape index (κ2) is 8.83. The molecule has 0 aromatic heterocycles. The number of carbonyl (C=O) groups excluding carboxylic acids is 1. The number of sulfonamides is 1. The highest BCUT2D eigenvalue weighted by Gasteiger charge is 2.35. The van der Waals surface area contributed by atoms with Gasteiger partial charge in [-0.1, -0.05) is 29.8 Å². The molecule has 29 heavy (non-hydrogen) atoms. The van der Waals surface area contributed by atoms with Crippen molar-refractivity contribution >= 4 is 38.9 Å². The molecule has 0 aliphatic heterocycles. The Morgan fingerprint density at radius 1 is 1.14 bits per heavy atom. The Balaban J connectivity index is 2.56. The zero-order valence-electron chi connectivity index (χ0n) is 15.4.